The highest BCUT2D eigenvalue weighted by atomic mass is 35.7. The van der Waals surface area contributed by atoms with Crippen LogP contribution < -0.4 is 0 Å². The van der Waals surface area contributed by atoms with E-state index in [9.17, 15) is 0 Å². The van der Waals surface area contributed by atoms with Gasteiger partial charge in [-0.25, -0.2) is 0 Å². The van der Waals surface area contributed by atoms with E-state index >= 15 is 0 Å². The van der Waals surface area contributed by atoms with Gasteiger partial charge in [0, 0.05) is 0 Å². The highest BCUT2D eigenvalue weighted by molar-refractivity contribution is 8.51. The molecule has 0 N–H and O–H groups in total. The minimum atomic E-state index is -0.777. The fourth-order valence-electron chi connectivity index (χ4n) is 4.02. The first kappa shape index (κ1) is 27.6. The average Bonchev–Trinajstić information content (AvgIpc) is 2.67. The molecule has 0 bridgehead atoms. The van der Waals surface area contributed by atoms with E-state index in [1.54, 1.807) is 0 Å². The van der Waals surface area contributed by atoms with Crippen molar-refractivity contribution in [2.24, 2.45) is 0 Å². The van der Waals surface area contributed by atoms with Gasteiger partial charge in [-0.15, -0.1) is 0 Å². The molecule has 0 nitrogen and oxygen atoms in total. The smallest absolute Gasteiger partial charge is 0.0101 e. The molecule has 0 aromatic rings. The SMILES string of the molecule is CCCCCCCCCCCCCCCCCCCCS(Cl)(CC)CCC. The molecular weight excluding hydrogens is 368 g/mol. The Labute approximate surface area is 179 Å². The molecule has 0 fully saturated rings. The van der Waals surface area contributed by atoms with E-state index in [1.165, 1.54) is 139 Å². The summed E-state index contributed by atoms with van der Waals surface area (Å²) < 4.78 is 0. The van der Waals surface area contributed by atoms with Gasteiger partial charge in [-0.05, 0) is 30.1 Å². The molecule has 0 aromatic carbocycles. The lowest BCUT2D eigenvalue weighted by Gasteiger charge is -2.31. The number of halogens is 1. The minimum Gasteiger partial charge on any atom is -0.163 e. The topological polar surface area (TPSA) is 0 Å². The van der Waals surface area contributed by atoms with Crippen molar-refractivity contribution in [3.63, 3.8) is 0 Å². The second-order valence-electron chi connectivity index (χ2n) is 8.65. The van der Waals surface area contributed by atoms with Crippen molar-refractivity contribution in [2.75, 3.05) is 17.3 Å². The third-order valence-electron chi connectivity index (χ3n) is 5.95. The zero-order chi connectivity index (χ0) is 20.1. The number of rotatable bonds is 22. The fourth-order valence-corrected chi connectivity index (χ4v) is 7.04. The molecule has 0 aromatic heterocycles. The van der Waals surface area contributed by atoms with Gasteiger partial charge in [-0.3, -0.25) is 0 Å². The molecule has 0 heterocycles. The first-order valence-electron chi connectivity index (χ1n) is 12.6. The van der Waals surface area contributed by atoms with Gasteiger partial charge in [0.15, 0.2) is 0 Å². The first-order chi connectivity index (χ1) is 13.2. The Kier molecular flexibility index (Phi) is 21.9. The van der Waals surface area contributed by atoms with Crippen LogP contribution in [0.25, 0.3) is 0 Å². The van der Waals surface area contributed by atoms with Crippen LogP contribution in [-0.4, -0.2) is 17.3 Å². The highest BCUT2D eigenvalue weighted by Crippen LogP contribution is 2.53. The molecule has 27 heavy (non-hydrogen) atoms. The Hall–Kier alpha value is 0.640. The summed E-state index contributed by atoms with van der Waals surface area (Å²) in [6, 6.07) is 0. The normalized spacial score (nSPS) is 15.0. The summed E-state index contributed by atoms with van der Waals surface area (Å²) in [5.41, 5.74) is 0. The van der Waals surface area contributed by atoms with Gasteiger partial charge in [0.05, 0.1) is 0 Å². The zero-order valence-corrected chi connectivity index (χ0v) is 20.9. The van der Waals surface area contributed by atoms with Gasteiger partial charge in [0.2, 0.25) is 0 Å². The zero-order valence-electron chi connectivity index (χ0n) is 19.3. The predicted octanol–water partition coefficient (Wildman–Crippen LogP) is 10.4. The first-order valence-corrected chi connectivity index (χ1v) is 15.6. The average molecular weight is 421 g/mol. The summed E-state index contributed by atoms with van der Waals surface area (Å²) in [5, 5.41) is 0. The highest BCUT2D eigenvalue weighted by Gasteiger charge is 2.16. The van der Waals surface area contributed by atoms with Crippen molar-refractivity contribution < 1.29 is 0 Å². The molecule has 2 heteroatoms. The van der Waals surface area contributed by atoms with E-state index < -0.39 is 9.24 Å². The third-order valence-corrected chi connectivity index (χ3v) is 10.7. The van der Waals surface area contributed by atoms with E-state index in [4.69, 9.17) is 10.7 Å². The Morgan fingerprint density at radius 1 is 0.407 bits per heavy atom. The lowest BCUT2D eigenvalue weighted by molar-refractivity contribution is 0.526. The molecule has 0 rings (SSSR count). The second kappa shape index (κ2) is 21.4. The van der Waals surface area contributed by atoms with E-state index in [-0.39, 0.29) is 0 Å². The summed E-state index contributed by atoms with van der Waals surface area (Å²) >= 11 is 0. The van der Waals surface area contributed by atoms with Crippen molar-refractivity contribution in [3.8, 4) is 0 Å². The molecule has 0 aliphatic rings. The molecule has 0 saturated carbocycles. The summed E-state index contributed by atoms with van der Waals surface area (Å²) in [4.78, 5) is 0. The van der Waals surface area contributed by atoms with Crippen molar-refractivity contribution in [1.29, 1.82) is 0 Å². The maximum absolute atomic E-state index is 6.78. The Bertz CT molecular complexity index is 281. The van der Waals surface area contributed by atoms with Crippen LogP contribution in [0.5, 0.6) is 0 Å². The summed E-state index contributed by atoms with van der Waals surface area (Å²) in [6.07, 6.45) is 27.4. The molecule has 0 spiro atoms. The molecule has 0 aliphatic heterocycles. The molecule has 0 saturated heterocycles. The number of unbranched alkanes of at least 4 members (excludes halogenated alkanes) is 17. The monoisotopic (exact) mass is 420 g/mol. The third kappa shape index (κ3) is 19.7. The summed E-state index contributed by atoms with van der Waals surface area (Å²) in [7, 11) is 6.01. The lowest BCUT2D eigenvalue weighted by atomic mass is 10.0. The van der Waals surface area contributed by atoms with Crippen molar-refractivity contribution in [1.82, 2.24) is 0 Å². The molecule has 0 aliphatic carbocycles. The van der Waals surface area contributed by atoms with Gasteiger partial charge in [0.1, 0.15) is 0 Å². The van der Waals surface area contributed by atoms with Crippen molar-refractivity contribution in [2.45, 2.75) is 143 Å². The lowest BCUT2D eigenvalue weighted by Crippen LogP contribution is -2.05. The maximum atomic E-state index is 6.78. The van der Waals surface area contributed by atoms with Crippen LogP contribution >= 0.6 is 19.9 Å². The molecule has 0 radical (unpaired) electrons. The van der Waals surface area contributed by atoms with Crippen molar-refractivity contribution >= 4 is 19.9 Å². The molecule has 0 amide bonds. The Balaban J connectivity index is 3.17. The van der Waals surface area contributed by atoms with Crippen LogP contribution in [-0.2, 0) is 0 Å². The van der Waals surface area contributed by atoms with Gasteiger partial charge in [-0.2, -0.15) is 9.24 Å². The number of hydrogen-bond donors (Lipinski definition) is 0. The largest absolute Gasteiger partial charge is 0.163 e. The predicted molar refractivity (Wildman–Crippen MR) is 133 cm³/mol. The maximum Gasteiger partial charge on any atom is -0.0101 e. The van der Waals surface area contributed by atoms with Crippen LogP contribution in [0.3, 0.4) is 0 Å². The van der Waals surface area contributed by atoms with Crippen molar-refractivity contribution in [3.05, 3.63) is 0 Å². The van der Waals surface area contributed by atoms with Gasteiger partial charge < -0.3 is 0 Å². The fraction of sp³-hybridized carbons (Fsp3) is 1.00. The van der Waals surface area contributed by atoms with Crippen LogP contribution in [0.1, 0.15) is 143 Å². The van der Waals surface area contributed by atoms with Gasteiger partial charge in [-0.1, -0.05) is 141 Å². The van der Waals surface area contributed by atoms with Crippen LogP contribution in [0.2, 0.25) is 0 Å². The van der Waals surface area contributed by atoms with Crippen LogP contribution in [0.4, 0.5) is 0 Å². The summed E-state index contributed by atoms with van der Waals surface area (Å²) in [6.45, 7) is 6.86. The number of hydrogen-bond acceptors (Lipinski definition) is 0. The minimum absolute atomic E-state index is 0.777. The van der Waals surface area contributed by atoms with E-state index in [2.05, 4.69) is 20.8 Å². The second-order valence-corrected chi connectivity index (χ2v) is 13.9. The standard InChI is InChI=1S/C25H53ClS/c1-4-7-8-9-10-11-12-13-14-15-16-17-18-19-20-21-22-23-25-27(26,6-3)24-5-2/h4-25H2,1-3H3. The van der Waals surface area contributed by atoms with Crippen LogP contribution in [0.15, 0.2) is 0 Å². The van der Waals surface area contributed by atoms with Gasteiger partial charge in [0.25, 0.3) is 0 Å². The molecule has 1 unspecified atom stereocenters. The molecule has 166 valence electrons. The van der Waals surface area contributed by atoms with E-state index in [0.29, 0.717) is 0 Å². The Morgan fingerprint density at radius 2 is 0.741 bits per heavy atom. The van der Waals surface area contributed by atoms with E-state index in [0.717, 1.165) is 0 Å². The van der Waals surface area contributed by atoms with Gasteiger partial charge >= 0.3 is 0 Å². The summed E-state index contributed by atoms with van der Waals surface area (Å²) in [5.74, 6) is 3.78. The quantitative estimate of drug-likeness (QED) is 0.153. The molecular formula is C25H53ClS. The van der Waals surface area contributed by atoms with E-state index in [1.807, 2.05) is 0 Å². The molecule has 1 atom stereocenters. The Morgan fingerprint density at radius 3 is 1.04 bits per heavy atom. The van der Waals surface area contributed by atoms with Crippen LogP contribution in [0, 0.1) is 0 Å².